The minimum atomic E-state index is 0. The Morgan fingerprint density at radius 2 is 0.875 bits per heavy atom. The van der Waals surface area contributed by atoms with Crippen molar-refractivity contribution in [2.75, 3.05) is 18.5 Å². The number of hydrogen-bond acceptors (Lipinski definition) is 0. The van der Waals surface area contributed by atoms with Crippen molar-refractivity contribution in [1.29, 1.82) is 0 Å². The molecule has 0 aromatic carbocycles. The van der Waals surface area contributed by atoms with Crippen molar-refractivity contribution in [2.45, 2.75) is 59.3 Å². The van der Waals surface area contributed by atoms with Crippen LogP contribution in [0.5, 0.6) is 0 Å². The molecule has 0 amide bonds. The van der Waals surface area contributed by atoms with Crippen LogP contribution < -0.4 is 34.0 Å². The van der Waals surface area contributed by atoms with Crippen molar-refractivity contribution in [3.05, 3.63) is 0 Å². The molecule has 104 valence electrons. The monoisotopic (exact) mass is 466 g/mol. The van der Waals surface area contributed by atoms with Gasteiger partial charge < -0.3 is 34.0 Å². The van der Waals surface area contributed by atoms with Crippen LogP contribution in [0.1, 0.15) is 59.3 Å². The molecule has 0 unspecified atom stereocenters. The van der Waals surface area contributed by atoms with Crippen molar-refractivity contribution >= 4 is 7.92 Å². The van der Waals surface area contributed by atoms with Crippen LogP contribution in [0.4, 0.5) is 0 Å². The van der Waals surface area contributed by atoms with Gasteiger partial charge in [-0.2, -0.15) is 0 Å². The van der Waals surface area contributed by atoms with Gasteiger partial charge >= 0.3 is 20.4 Å². The molecule has 0 aromatic heterocycles. The zero-order chi connectivity index (χ0) is 9.94. The average Bonchev–Trinajstić information content (AvgIpc) is 2.17. The smallest absolute Gasteiger partial charge is 1.00 e. The maximum absolute atomic E-state index is 2.31. The fourth-order valence-corrected chi connectivity index (χ4v) is 4.44. The molecular formula is C12H27Br2PPd. The standard InChI is InChI=1S/C12H27P.2BrH.Pd/c1-4-7-10-13(11-8-5-2)12-9-6-3;;;/h4-12H2,1-3H3;2*1H;/q;;;+2/p-2. The summed E-state index contributed by atoms with van der Waals surface area (Å²) in [4.78, 5) is 0. The van der Waals surface area contributed by atoms with E-state index in [0.29, 0.717) is 7.92 Å². The quantitative estimate of drug-likeness (QED) is 0.297. The van der Waals surface area contributed by atoms with Gasteiger partial charge in [0.15, 0.2) is 0 Å². The summed E-state index contributed by atoms with van der Waals surface area (Å²) in [5.41, 5.74) is 0. The summed E-state index contributed by atoms with van der Waals surface area (Å²) >= 11 is 0. The molecule has 0 nitrogen and oxygen atoms in total. The fourth-order valence-electron chi connectivity index (χ4n) is 1.48. The third-order valence-electron chi connectivity index (χ3n) is 2.48. The van der Waals surface area contributed by atoms with E-state index in [1.54, 1.807) is 18.5 Å². The van der Waals surface area contributed by atoms with Crippen LogP contribution in [0.3, 0.4) is 0 Å². The summed E-state index contributed by atoms with van der Waals surface area (Å²) in [6.45, 7) is 6.94. The van der Waals surface area contributed by atoms with E-state index in [9.17, 15) is 0 Å². The predicted octanol–water partition coefficient (Wildman–Crippen LogP) is -1.13. The van der Waals surface area contributed by atoms with Crippen LogP contribution in [-0.2, 0) is 20.4 Å². The molecule has 0 spiro atoms. The van der Waals surface area contributed by atoms with Crippen LogP contribution in [-0.4, -0.2) is 18.5 Å². The summed E-state index contributed by atoms with van der Waals surface area (Å²) in [6, 6.07) is 0. The zero-order valence-corrected chi connectivity index (χ0v) is 16.5. The van der Waals surface area contributed by atoms with Crippen LogP contribution in [0.2, 0.25) is 0 Å². The second-order valence-electron chi connectivity index (χ2n) is 3.90. The number of unbranched alkanes of at least 4 members (excludes halogenated alkanes) is 3. The molecule has 0 saturated carbocycles. The van der Waals surface area contributed by atoms with Gasteiger partial charge in [0.1, 0.15) is 0 Å². The Labute approximate surface area is 139 Å². The molecule has 0 heterocycles. The van der Waals surface area contributed by atoms with Gasteiger partial charge in [0.2, 0.25) is 0 Å². The Hall–Kier alpha value is 2.05. The molecule has 0 aromatic rings. The van der Waals surface area contributed by atoms with Crippen LogP contribution in [0, 0.1) is 0 Å². The first kappa shape index (κ1) is 26.6. The van der Waals surface area contributed by atoms with Crippen LogP contribution >= 0.6 is 7.92 Å². The third-order valence-corrected chi connectivity index (χ3v) is 5.33. The molecule has 0 aliphatic rings. The van der Waals surface area contributed by atoms with E-state index < -0.39 is 0 Å². The Bertz CT molecular complexity index is 86.0. The van der Waals surface area contributed by atoms with Crippen LogP contribution in [0.15, 0.2) is 0 Å². The molecule has 0 radical (unpaired) electrons. The van der Waals surface area contributed by atoms with Gasteiger partial charge in [-0.3, -0.25) is 0 Å². The van der Waals surface area contributed by atoms with Crippen molar-refractivity contribution in [3.8, 4) is 0 Å². The number of rotatable bonds is 9. The van der Waals surface area contributed by atoms with Gasteiger partial charge in [-0.05, 0) is 37.7 Å². The minimum absolute atomic E-state index is 0. The molecular weight excluding hydrogens is 441 g/mol. The summed E-state index contributed by atoms with van der Waals surface area (Å²) in [5.74, 6) is 0. The molecule has 0 saturated heterocycles. The predicted molar refractivity (Wildman–Crippen MR) is 66.2 cm³/mol. The Morgan fingerprint density at radius 3 is 1.06 bits per heavy atom. The fraction of sp³-hybridized carbons (Fsp3) is 1.00. The molecule has 0 atom stereocenters. The van der Waals surface area contributed by atoms with Gasteiger partial charge in [-0.1, -0.05) is 40.0 Å². The Morgan fingerprint density at radius 1 is 0.625 bits per heavy atom. The molecule has 0 fully saturated rings. The van der Waals surface area contributed by atoms with Gasteiger partial charge in [0.05, 0.1) is 0 Å². The molecule has 0 N–H and O–H groups in total. The summed E-state index contributed by atoms with van der Waals surface area (Å²) in [7, 11) is 0.422. The first-order valence-electron chi connectivity index (χ1n) is 6.07. The number of halogens is 2. The van der Waals surface area contributed by atoms with Crippen molar-refractivity contribution in [1.82, 2.24) is 0 Å². The summed E-state index contributed by atoms with van der Waals surface area (Å²) in [6.07, 6.45) is 13.2. The maximum Gasteiger partial charge on any atom is 2.00 e. The Balaban J connectivity index is -0.000000240. The first-order chi connectivity index (χ1) is 6.35. The normalized spacial score (nSPS) is 9.00. The van der Waals surface area contributed by atoms with Gasteiger partial charge in [-0.25, -0.2) is 0 Å². The maximum atomic E-state index is 2.31. The van der Waals surface area contributed by atoms with Crippen molar-refractivity contribution < 1.29 is 54.4 Å². The molecule has 16 heavy (non-hydrogen) atoms. The van der Waals surface area contributed by atoms with E-state index in [4.69, 9.17) is 0 Å². The molecule has 4 heteroatoms. The number of hydrogen-bond donors (Lipinski definition) is 0. The van der Waals surface area contributed by atoms with Gasteiger partial charge in [0, 0.05) is 0 Å². The van der Waals surface area contributed by atoms with E-state index in [1.165, 1.54) is 38.5 Å². The van der Waals surface area contributed by atoms with E-state index in [-0.39, 0.29) is 54.4 Å². The van der Waals surface area contributed by atoms with E-state index >= 15 is 0 Å². The van der Waals surface area contributed by atoms with Crippen molar-refractivity contribution in [3.63, 3.8) is 0 Å². The van der Waals surface area contributed by atoms with Gasteiger partial charge in [0.25, 0.3) is 0 Å². The largest absolute Gasteiger partial charge is 2.00 e. The average molecular weight is 469 g/mol. The molecule has 0 rings (SSSR count). The van der Waals surface area contributed by atoms with Crippen LogP contribution in [0.25, 0.3) is 0 Å². The SMILES string of the molecule is CCCCP(CCCC)CCCC.[Br-].[Br-].[Pd+2]. The van der Waals surface area contributed by atoms with E-state index in [0.717, 1.165) is 0 Å². The summed E-state index contributed by atoms with van der Waals surface area (Å²) < 4.78 is 0. The third kappa shape index (κ3) is 18.4. The topological polar surface area (TPSA) is 0 Å². The second-order valence-corrected chi connectivity index (χ2v) is 6.59. The zero-order valence-electron chi connectivity index (χ0n) is 10.9. The molecule has 0 aliphatic heterocycles. The van der Waals surface area contributed by atoms with Crippen molar-refractivity contribution in [2.24, 2.45) is 0 Å². The summed E-state index contributed by atoms with van der Waals surface area (Å²) in [5, 5.41) is 0. The first-order valence-corrected chi connectivity index (χ1v) is 7.97. The Kier molecular flexibility index (Phi) is 37.0. The molecule has 0 bridgehead atoms. The van der Waals surface area contributed by atoms with E-state index in [2.05, 4.69) is 20.8 Å². The minimum Gasteiger partial charge on any atom is -1.00 e. The molecule has 0 aliphatic carbocycles. The van der Waals surface area contributed by atoms with Gasteiger partial charge in [-0.15, -0.1) is 7.92 Å². The second kappa shape index (κ2) is 22.3. The van der Waals surface area contributed by atoms with E-state index in [1.807, 2.05) is 0 Å².